The second kappa shape index (κ2) is 42.6. The molecule has 16 aromatic rings. The van der Waals surface area contributed by atoms with Gasteiger partial charge in [0, 0.05) is 124 Å². The van der Waals surface area contributed by atoms with E-state index in [-0.39, 0.29) is 51.8 Å². The Morgan fingerprint density at radius 3 is 1.10 bits per heavy atom. The maximum atomic E-state index is 13.1. The Labute approximate surface area is 681 Å². The number of rotatable bonds is 10. The first kappa shape index (κ1) is 89.2. The summed E-state index contributed by atoms with van der Waals surface area (Å²) in [5, 5.41) is 18.0. The average molecular weight is 1900 g/mol. The summed E-state index contributed by atoms with van der Waals surface area (Å²) < 4.78 is 95.9. The summed E-state index contributed by atoms with van der Waals surface area (Å²) in [6.45, 7) is 17.0. The summed E-state index contributed by atoms with van der Waals surface area (Å²) >= 11 is 0. The molecule has 0 amide bonds. The molecule has 9 heterocycles. The molecule has 0 aliphatic rings. The van der Waals surface area contributed by atoms with Crippen LogP contribution >= 0.6 is 0 Å². The number of fused-ring (bicyclic) bond motifs is 6. The van der Waals surface area contributed by atoms with Gasteiger partial charge in [-0.05, 0) is 132 Å². The molecule has 22 heteroatoms. The number of aromatic nitrogens is 7. The van der Waals surface area contributed by atoms with Gasteiger partial charge in [-0.15, -0.1) is 124 Å². The van der Waals surface area contributed by atoms with Gasteiger partial charge in [-0.3, -0.25) is 9.54 Å². The fraction of sp³-hybridized carbons (Fsp3) is 0.154. The third-order valence-corrected chi connectivity index (χ3v) is 17.6. The Hall–Kier alpha value is -11.0. The van der Waals surface area contributed by atoms with E-state index < -0.39 is 15.6 Å². The first-order valence-electron chi connectivity index (χ1n) is 35.1. The summed E-state index contributed by atoms with van der Waals surface area (Å²) in [7, 11) is -3.84. The van der Waals surface area contributed by atoms with Crippen LogP contribution in [0.15, 0.2) is 276 Å². The van der Waals surface area contributed by atoms with Gasteiger partial charge in [-0.25, -0.2) is 18.7 Å². The number of hydrogen-bond acceptors (Lipinski definition) is 13. The van der Waals surface area contributed by atoms with Crippen molar-refractivity contribution in [1.82, 2.24) is 34.9 Å². The van der Waals surface area contributed by atoms with Crippen LogP contribution in [0.25, 0.3) is 123 Å². The Balaban J connectivity index is 0.000000193. The van der Waals surface area contributed by atoms with Crippen molar-refractivity contribution in [3.8, 4) is 78.5 Å². The molecular weight excluding hydrogens is 1810 g/mol. The second-order valence-electron chi connectivity index (χ2n) is 25.6. The summed E-state index contributed by atoms with van der Waals surface area (Å²) in [5.74, 6) is 1.17. The molecule has 7 aromatic carbocycles. The number of pyridine rings is 7. The monoisotopic (exact) mass is 1900 g/mol. The molecule has 113 heavy (non-hydrogen) atoms. The number of benzene rings is 7. The minimum absolute atomic E-state index is 0. The molecule has 0 aliphatic carbocycles. The zero-order chi connectivity index (χ0) is 79.8. The minimum Gasteiger partial charge on any atom is -0.486 e. The van der Waals surface area contributed by atoms with Gasteiger partial charge in [-0.2, -0.15) is 21.6 Å². The predicted octanol–water partition coefficient (Wildman–Crippen LogP) is 22.7. The molecule has 0 fully saturated rings. The van der Waals surface area contributed by atoms with Gasteiger partial charge in [0.2, 0.25) is 11.4 Å². The van der Waals surface area contributed by atoms with E-state index in [1.165, 1.54) is 41.0 Å². The van der Waals surface area contributed by atoms with E-state index in [1.807, 2.05) is 147 Å². The van der Waals surface area contributed by atoms with Crippen molar-refractivity contribution in [3.05, 3.63) is 332 Å². The summed E-state index contributed by atoms with van der Waals surface area (Å²) in [6, 6.07) is 88.2. The Morgan fingerprint density at radius 1 is 0.389 bits per heavy atom. The number of aliphatic hydroxyl groups is 2. The molecule has 584 valence electrons. The fourth-order valence-electron chi connectivity index (χ4n) is 11.0. The van der Waals surface area contributed by atoms with Crippen LogP contribution in [-0.2, 0) is 50.3 Å². The SMILES string of the molecule is CC(C)c1c[c-]c(-c2ccccn2)cc1.CC(C)c1c[c-]c(-c2ccccn2)cc1.CC(C)c1c[c-]c(-c2ccccn2)cc1.CO.CO.Cc1ccc2c(n1)oc1c(-c3ccc(-c4ccc(F)cc4)cn3)[c-]ccc12.Cc1ccc2c(n1)oc1c(-c3ccc(-c4ccc(F)cc4)cn3)cccc12.O=S(=O)(O)C(F)(F)F.[Ir].[Ir]. The van der Waals surface area contributed by atoms with Crippen molar-refractivity contribution in [3.63, 3.8) is 0 Å². The quantitative estimate of drug-likeness (QED) is 0.0503. The number of nitrogens with zero attached hydrogens (tertiary/aromatic N) is 7. The molecule has 0 spiro atoms. The van der Waals surface area contributed by atoms with Crippen LogP contribution in [0.5, 0.6) is 0 Å². The first-order chi connectivity index (χ1) is 53.4. The van der Waals surface area contributed by atoms with Gasteiger partial charge in [0.05, 0.1) is 11.3 Å². The molecule has 16 rings (SSSR count). The molecule has 0 saturated carbocycles. The van der Waals surface area contributed by atoms with E-state index in [1.54, 1.807) is 55.2 Å². The Kier molecular flexibility index (Phi) is 33.6. The molecule has 2 radical (unpaired) electrons. The van der Waals surface area contributed by atoms with E-state index in [2.05, 4.69) is 155 Å². The van der Waals surface area contributed by atoms with E-state index >= 15 is 0 Å². The van der Waals surface area contributed by atoms with Gasteiger partial charge < -0.3 is 39.0 Å². The van der Waals surface area contributed by atoms with E-state index in [9.17, 15) is 22.0 Å². The van der Waals surface area contributed by atoms with Crippen molar-refractivity contribution in [1.29, 1.82) is 0 Å². The van der Waals surface area contributed by atoms with Crippen LogP contribution < -0.4 is 0 Å². The number of aryl methyl sites for hydroxylation is 2. The second-order valence-corrected chi connectivity index (χ2v) is 27.0. The van der Waals surface area contributed by atoms with Gasteiger partial charge >= 0.3 is 15.6 Å². The Morgan fingerprint density at radius 2 is 0.761 bits per heavy atom. The van der Waals surface area contributed by atoms with Crippen LogP contribution in [0, 0.1) is 49.7 Å². The standard InChI is InChI=1S/C23H15FN2O.C23H14FN2O.3C14H14N.CHF3O3S.2CH4O.2Ir/c2*1-14-5-11-19-18-3-2-4-20(22(18)27-23(19)26-14)21-12-8-16(13-25-21)15-6-9-17(24)10-7-15;3*1-11(2)12-6-8-13(9-7-12)14-5-3-4-10-15-14;2-1(3,4)8(5,6)7;2*1-2;;/h2-13H,1H3;2-3,5-13H,1H3;3*3-8,10-11H,1-2H3;(H,5,6,7);2*2H,1H3;;/q;4*-1;;;;;. The smallest absolute Gasteiger partial charge is 0.486 e. The third-order valence-electron chi connectivity index (χ3n) is 17.0. The van der Waals surface area contributed by atoms with Crippen molar-refractivity contribution >= 4 is 54.3 Å². The number of aliphatic hydroxyl groups excluding tert-OH is 2. The van der Waals surface area contributed by atoms with Gasteiger partial charge in [0.15, 0.2) is 0 Å². The normalized spacial score (nSPS) is 10.7. The number of para-hydroxylation sites is 1. The minimum atomic E-state index is -5.84. The van der Waals surface area contributed by atoms with Crippen molar-refractivity contribution in [2.45, 2.75) is 78.7 Å². The molecule has 0 unspecified atom stereocenters. The van der Waals surface area contributed by atoms with Crippen molar-refractivity contribution in [2.75, 3.05) is 14.2 Å². The molecule has 0 saturated heterocycles. The first-order valence-corrected chi connectivity index (χ1v) is 36.5. The largest absolute Gasteiger partial charge is 0.522 e. The van der Waals surface area contributed by atoms with Gasteiger partial charge in [-0.1, -0.05) is 161 Å². The molecular formula is C91H80F5Ir2N7O7S-4. The summed E-state index contributed by atoms with van der Waals surface area (Å²) in [4.78, 5) is 31.0. The summed E-state index contributed by atoms with van der Waals surface area (Å²) in [5.41, 5.74) is 16.1. The van der Waals surface area contributed by atoms with E-state index in [0.717, 1.165) is 137 Å². The average Bonchev–Trinajstić information content (AvgIpc) is 1.63. The number of furan rings is 2. The van der Waals surface area contributed by atoms with Gasteiger partial charge in [0.1, 0.15) is 17.2 Å². The zero-order valence-electron chi connectivity index (χ0n) is 63.2. The molecule has 14 nitrogen and oxygen atoms in total. The fourth-order valence-corrected chi connectivity index (χ4v) is 11.0. The molecule has 0 aliphatic heterocycles. The van der Waals surface area contributed by atoms with Crippen LogP contribution in [0.3, 0.4) is 0 Å². The maximum Gasteiger partial charge on any atom is 0.522 e. The molecule has 0 bridgehead atoms. The number of alkyl halides is 3. The van der Waals surface area contributed by atoms with Crippen molar-refractivity contribution in [2.24, 2.45) is 0 Å². The summed E-state index contributed by atoms with van der Waals surface area (Å²) in [6.07, 6.45) is 8.99. The van der Waals surface area contributed by atoms with Crippen LogP contribution in [0.2, 0.25) is 0 Å². The van der Waals surface area contributed by atoms with Crippen LogP contribution in [-0.4, -0.2) is 77.8 Å². The Bertz CT molecular complexity index is 5290. The molecule has 9 aromatic heterocycles. The zero-order valence-corrected chi connectivity index (χ0v) is 68.8. The predicted molar refractivity (Wildman–Crippen MR) is 430 cm³/mol. The molecule has 0 atom stereocenters. The van der Waals surface area contributed by atoms with E-state index in [0.29, 0.717) is 29.2 Å². The number of hydrogen-bond donors (Lipinski definition) is 3. The van der Waals surface area contributed by atoms with Gasteiger partial charge in [0.25, 0.3) is 0 Å². The van der Waals surface area contributed by atoms with Crippen molar-refractivity contribution < 1.29 is 94.2 Å². The van der Waals surface area contributed by atoms with Crippen LogP contribution in [0.4, 0.5) is 22.0 Å². The molecule has 3 N–H and O–H groups in total. The third kappa shape index (κ3) is 24.2. The van der Waals surface area contributed by atoms with Crippen LogP contribution in [0.1, 0.15) is 87.4 Å². The van der Waals surface area contributed by atoms with E-state index in [4.69, 9.17) is 32.0 Å². The topological polar surface area (TPSA) is 211 Å². The number of halogens is 5. The maximum absolute atomic E-state index is 13.1.